The third-order valence-electron chi connectivity index (χ3n) is 2.44. The maximum absolute atomic E-state index is 13.8. The zero-order valence-electron chi connectivity index (χ0n) is 9.46. The van der Waals surface area contributed by atoms with Gasteiger partial charge in [0.25, 0.3) is 5.69 Å². The number of nitrogens with zero attached hydrogens (tertiary/aromatic N) is 2. The van der Waals surface area contributed by atoms with Crippen LogP contribution in [0.1, 0.15) is 0 Å². The number of nitrogens with one attached hydrogen (secondary N) is 1. The van der Waals surface area contributed by atoms with Crippen molar-refractivity contribution in [2.75, 3.05) is 11.9 Å². The van der Waals surface area contributed by atoms with Gasteiger partial charge in [0.05, 0.1) is 22.1 Å². The van der Waals surface area contributed by atoms with Crippen LogP contribution >= 0.6 is 0 Å². The van der Waals surface area contributed by atoms with Crippen LogP contribution in [-0.4, -0.2) is 27.5 Å². The van der Waals surface area contributed by atoms with Crippen molar-refractivity contribution >= 4 is 28.2 Å². The van der Waals surface area contributed by atoms with Crippen molar-refractivity contribution in [2.45, 2.75) is 0 Å². The van der Waals surface area contributed by atoms with Crippen molar-refractivity contribution in [2.24, 2.45) is 0 Å². The molecule has 19 heavy (non-hydrogen) atoms. The fourth-order valence-corrected chi connectivity index (χ4v) is 1.68. The van der Waals surface area contributed by atoms with Gasteiger partial charge in [0.2, 0.25) is 0 Å². The van der Waals surface area contributed by atoms with Gasteiger partial charge < -0.3 is 10.4 Å². The van der Waals surface area contributed by atoms with E-state index in [1.807, 2.05) is 0 Å². The lowest BCUT2D eigenvalue weighted by atomic mass is 10.1. The summed E-state index contributed by atoms with van der Waals surface area (Å²) in [6.45, 7) is -0.513. The van der Waals surface area contributed by atoms with E-state index in [1.54, 1.807) is 0 Å². The Morgan fingerprint density at radius 3 is 2.95 bits per heavy atom. The Labute approximate surface area is 105 Å². The number of hydrogen-bond acceptors (Lipinski definition) is 5. The number of nitro benzene ring substituents is 1. The summed E-state index contributed by atoms with van der Waals surface area (Å²) in [5.74, 6) is -2.10. The van der Waals surface area contributed by atoms with Crippen LogP contribution in [0, 0.1) is 15.9 Å². The fraction of sp³-hybridized carbons (Fsp3) is 0.0909. The van der Waals surface area contributed by atoms with Crippen molar-refractivity contribution in [1.29, 1.82) is 0 Å². The number of non-ortho nitro benzene ring substituents is 1. The highest BCUT2D eigenvalue weighted by atomic mass is 19.1. The van der Waals surface area contributed by atoms with Gasteiger partial charge in [-0.1, -0.05) is 0 Å². The summed E-state index contributed by atoms with van der Waals surface area (Å²) in [5.41, 5.74) is -0.555. The molecular weight excluding hydrogens is 257 g/mol. The van der Waals surface area contributed by atoms with Crippen LogP contribution in [0.2, 0.25) is 0 Å². The lowest BCUT2D eigenvalue weighted by molar-refractivity contribution is -0.383. The molecule has 0 fully saturated rings. The van der Waals surface area contributed by atoms with Gasteiger partial charge in [-0.15, -0.1) is 0 Å². The molecule has 2 aromatic rings. The standard InChI is InChI=1S/C11H8FN3O4/c12-7-4-8(15(18)19)6-2-1-3-13-10(6)11(7)14-5-9(16)17/h1-4,14H,5H2,(H,16,17). The Hall–Kier alpha value is -2.77. The minimum absolute atomic E-state index is 0.0236. The van der Waals surface area contributed by atoms with Crippen LogP contribution in [0.4, 0.5) is 15.8 Å². The van der Waals surface area contributed by atoms with Crippen LogP contribution in [0.5, 0.6) is 0 Å². The van der Waals surface area contributed by atoms with Crippen molar-refractivity contribution < 1.29 is 19.2 Å². The highest BCUT2D eigenvalue weighted by molar-refractivity contribution is 5.97. The van der Waals surface area contributed by atoms with E-state index >= 15 is 0 Å². The highest BCUT2D eigenvalue weighted by Crippen LogP contribution is 2.32. The molecule has 1 aromatic heterocycles. The predicted octanol–water partition coefficient (Wildman–Crippen LogP) is 1.78. The number of fused-ring (bicyclic) bond motifs is 1. The molecule has 98 valence electrons. The minimum atomic E-state index is -1.18. The number of anilines is 1. The molecule has 1 aromatic carbocycles. The van der Waals surface area contributed by atoms with Crippen LogP contribution in [0.15, 0.2) is 24.4 Å². The summed E-state index contributed by atoms with van der Waals surface area (Å²) in [4.78, 5) is 24.5. The second-order valence-corrected chi connectivity index (χ2v) is 3.66. The zero-order valence-corrected chi connectivity index (χ0v) is 9.46. The van der Waals surface area contributed by atoms with E-state index in [1.165, 1.54) is 18.3 Å². The van der Waals surface area contributed by atoms with Crippen molar-refractivity contribution in [3.63, 3.8) is 0 Å². The molecule has 0 radical (unpaired) electrons. The molecule has 7 nitrogen and oxygen atoms in total. The fourth-order valence-electron chi connectivity index (χ4n) is 1.68. The van der Waals surface area contributed by atoms with E-state index in [0.29, 0.717) is 0 Å². The maximum Gasteiger partial charge on any atom is 0.322 e. The lowest BCUT2D eigenvalue weighted by Gasteiger charge is -2.08. The molecule has 0 saturated heterocycles. The Kier molecular flexibility index (Phi) is 3.23. The Morgan fingerprint density at radius 2 is 2.32 bits per heavy atom. The second-order valence-electron chi connectivity index (χ2n) is 3.66. The summed E-state index contributed by atoms with van der Waals surface area (Å²) in [6, 6.07) is 3.65. The van der Waals surface area contributed by atoms with E-state index in [0.717, 1.165) is 6.07 Å². The normalized spacial score (nSPS) is 10.4. The highest BCUT2D eigenvalue weighted by Gasteiger charge is 2.20. The number of pyridine rings is 1. The van der Waals surface area contributed by atoms with Gasteiger partial charge in [0.15, 0.2) is 5.82 Å². The molecule has 2 N–H and O–H groups in total. The van der Waals surface area contributed by atoms with Gasteiger partial charge in [0, 0.05) is 6.20 Å². The molecule has 0 amide bonds. The molecule has 0 unspecified atom stereocenters. The largest absolute Gasteiger partial charge is 0.480 e. The number of aromatic nitrogens is 1. The molecule has 0 aliphatic rings. The lowest BCUT2D eigenvalue weighted by Crippen LogP contribution is -2.14. The molecule has 0 aliphatic carbocycles. The Morgan fingerprint density at radius 1 is 1.58 bits per heavy atom. The van der Waals surface area contributed by atoms with Gasteiger partial charge in [0.1, 0.15) is 12.1 Å². The molecule has 8 heteroatoms. The van der Waals surface area contributed by atoms with Gasteiger partial charge >= 0.3 is 5.97 Å². The molecule has 0 aliphatic heterocycles. The number of rotatable bonds is 4. The number of nitro groups is 1. The average Bonchev–Trinajstić information content (AvgIpc) is 2.36. The topological polar surface area (TPSA) is 105 Å². The minimum Gasteiger partial charge on any atom is -0.480 e. The van der Waals surface area contributed by atoms with Crippen molar-refractivity contribution in [1.82, 2.24) is 4.98 Å². The summed E-state index contributed by atoms with van der Waals surface area (Å²) in [7, 11) is 0. The third kappa shape index (κ3) is 2.41. The molecule has 0 saturated carbocycles. The first-order valence-corrected chi connectivity index (χ1v) is 5.18. The molecular formula is C11H8FN3O4. The van der Waals surface area contributed by atoms with Crippen molar-refractivity contribution in [3.8, 4) is 0 Å². The second kappa shape index (κ2) is 4.84. The number of hydrogen-bond donors (Lipinski definition) is 2. The summed E-state index contributed by atoms with van der Waals surface area (Å²) in [6.07, 6.45) is 1.34. The van der Waals surface area contributed by atoms with Gasteiger partial charge in [-0.25, -0.2) is 4.39 Å². The number of carbonyl (C=O) groups is 1. The average molecular weight is 265 g/mol. The monoisotopic (exact) mass is 265 g/mol. The number of benzene rings is 1. The van der Waals surface area contributed by atoms with Crippen LogP contribution in [0.3, 0.4) is 0 Å². The molecule has 0 atom stereocenters. The molecule has 0 bridgehead atoms. The smallest absolute Gasteiger partial charge is 0.322 e. The first-order chi connectivity index (χ1) is 9.00. The zero-order chi connectivity index (χ0) is 14.0. The summed E-state index contributed by atoms with van der Waals surface area (Å²) < 4.78 is 13.8. The SMILES string of the molecule is O=C(O)CNc1c(F)cc([N+](=O)[O-])c2cccnc12. The predicted molar refractivity (Wildman–Crippen MR) is 64.5 cm³/mol. The van der Waals surface area contributed by atoms with Crippen LogP contribution in [-0.2, 0) is 4.79 Å². The number of aliphatic carboxylic acids is 1. The summed E-state index contributed by atoms with van der Waals surface area (Å²) >= 11 is 0. The van der Waals surface area contributed by atoms with Gasteiger partial charge in [-0.2, -0.15) is 0 Å². The van der Waals surface area contributed by atoms with E-state index in [2.05, 4.69) is 10.3 Å². The van der Waals surface area contributed by atoms with Crippen molar-refractivity contribution in [3.05, 3.63) is 40.3 Å². The maximum atomic E-state index is 13.8. The van der Waals surface area contributed by atoms with Gasteiger partial charge in [-0.3, -0.25) is 19.9 Å². The number of carboxylic acids is 1. The molecule has 1 heterocycles. The number of halogens is 1. The van der Waals surface area contributed by atoms with E-state index in [4.69, 9.17) is 5.11 Å². The quantitative estimate of drug-likeness (QED) is 0.644. The van der Waals surface area contributed by atoms with E-state index in [9.17, 15) is 19.3 Å². The van der Waals surface area contributed by atoms with Crippen LogP contribution < -0.4 is 5.32 Å². The number of carboxylic acid groups (broad SMARTS) is 1. The Bertz CT molecular complexity index is 674. The van der Waals surface area contributed by atoms with E-state index < -0.39 is 28.9 Å². The molecule has 2 rings (SSSR count). The van der Waals surface area contributed by atoms with E-state index in [-0.39, 0.29) is 16.6 Å². The van der Waals surface area contributed by atoms with Gasteiger partial charge in [-0.05, 0) is 12.1 Å². The Balaban J connectivity index is 2.65. The molecule has 0 spiro atoms. The van der Waals surface area contributed by atoms with Crippen LogP contribution in [0.25, 0.3) is 10.9 Å². The third-order valence-corrected chi connectivity index (χ3v) is 2.44. The summed E-state index contributed by atoms with van der Waals surface area (Å²) in [5, 5.41) is 21.9. The first kappa shape index (κ1) is 12.7. The first-order valence-electron chi connectivity index (χ1n) is 5.18.